The van der Waals surface area contributed by atoms with Gasteiger partial charge in [0.25, 0.3) is 0 Å². The Bertz CT molecular complexity index is 833. The minimum atomic E-state index is -1.09. The first-order valence-corrected chi connectivity index (χ1v) is 7.80. The van der Waals surface area contributed by atoms with E-state index >= 15 is 0 Å². The summed E-state index contributed by atoms with van der Waals surface area (Å²) < 4.78 is 4.88. The Labute approximate surface area is 140 Å². The fourth-order valence-corrected chi connectivity index (χ4v) is 2.89. The van der Waals surface area contributed by atoms with Crippen molar-refractivity contribution in [1.29, 1.82) is 0 Å². The monoisotopic (exact) mass is 319 g/mol. The van der Waals surface area contributed by atoms with Crippen LogP contribution in [0.2, 0.25) is 0 Å². The molecule has 4 nitrogen and oxygen atoms in total. The molecular weight excluding hydrogens is 302 g/mol. The molecule has 3 rings (SSSR count). The van der Waals surface area contributed by atoms with Crippen molar-refractivity contribution in [3.05, 3.63) is 65.7 Å². The topological polar surface area (TPSA) is 55.4 Å². The van der Waals surface area contributed by atoms with E-state index in [1.54, 1.807) is 6.92 Å². The second kappa shape index (κ2) is 6.59. The maximum absolute atomic E-state index is 12.8. The number of esters is 1. The summed E-state index contributed by atoms with van der Waals surface area (Å²) in [4.78, 5) is 24.4. The van der Waals surface area contributed by atoms with E-state index < -0.39 is 11.4 Å². The Balaban J connectivity index is 2.08. The van der Waals surface area contributed by atoms with E-state index in [9.17, 15) is 9.59 Å². The van der Waals surface area contributed by atoms with Crippen LogP contribution in [-0.2, 0) is 26.2 Å². The van der Waals surface area contributed by atoms with Gasteiger partial charge in [0.15, 0.2) is 0 Å². The van der Waals surface area contributed by atoms with Crippen LogP contribution in [0.25, 0.3) is 0 Å². The lowest BCUT2D eigenvalue weighted by molar-refractivity contribution is -0.136. The summed E-state index contributed by atoms with van der Waals surface area (Å²) in [5.74, 6) is 4.54. The highest BCUT2D eigenvalue weighted by Gasteiger charge is 2.45. The number of carbonyl (C=O) groups is 2. The molecule has 1 N–H and O–H groups in total. The minimum absolute atomic E-state index is 0.218. The predicted molar refractivity (Wildman–Crippen MR) is 91.3 cm³/mol. The third kappa shape index (κ3) is 2.89. The van der Waals surface area contributed by atoms with Crippen molar-refractivity contribution in [2.75, 3.05) is 11.9 Å². The third-order valence-electron chi connectivity index (χ3n) is 3.99. The van der Waals surface area contributed by atoms with E-state index in [2.05, 4.69) is 17.2 Å². The fourth-order valence-electron chi connectivity index (χ4n) is 2.89. The molecule has 1 amide bonds. The van der Waals surface area contributed by atoms with Crippen molar-refractivity contribution in [2.45, 2.75) is 18.8 Å². The van der Waals surface area contributed by atoms with E-state index in [4.69, 9.17) is 4.74 Å². The summed E-state index contributed by atoms with van der Waals surface area (Å²) in [5.41, 5.74) is 1.40. The van der Waals surface area contributed by atoms with Gasteiger partial charge in [-0.2, -0.15) is 0 Å². The number of hydrogen-bond acceptors (Lipinski definition) is 3. The van der Waals surface area contributed by atoms with Gasteiger partial charge < -0.3 is 10.1 Å². The summed E-state index contributed by atoms with van der Waals surface area (Å²) in [7, 11) is 0. The van der Waals surface area contributed by atoms with Crippen LogP contribution >= 0.6 is 0 Å². The predicted octanol–water partition coefficient (Wildman–Crippen LogP) is 2.69. The van der Waals surface area contributed by atoms with E-state index in [1.807, 2.05) is 54.6 Å². The molecule has 0 saturated carbocycles. The molecule has 0 spiro atoms. The number of hydrogen-bond donors (Lipinski definition) is 1. The molecule has 0 saturated heterocycles. The maximum atomic E-state index is 12.8. The Hall–Kier alpha value is -3.06. The Morgan fingerprint density at radius 2 is 1.83 bits per heavy atom. The summed E-state index contributed by atoms with van der Waals surface area (Å²) in [5, 5.41) is 2.87. The largest absolute Gasteiger partial charge is 0.456 e. The SMILES string of the molecule is CCOC(=O)C#C[C@@]1(Cc2ccccc2)C(=O)Nc2ccccc21. The van der Waals surface area contributed by atoms with Crippen LogP contribution in [0, 0.1) is 11.8 Å². The number of rotatable bonds is 3. The summed E-state index contributed by atoms with van der Waals surface area (Å²) in [6, 6.07) is 17.1. The normalized spacial score (nSPS) is 18.1. The molecule has 1 heterocycles. The zero-order valence-electron chi connectivity index (χ0n) is 13.3. The minimum Gasteiger partial charge on any atom is -0.456 e. The molecule has 24 heavy (non-hydrogen) atoms. The number of para-hydroxylation sites is 1. The average molecular weight is 319 g/mol. The lowest BCUT2D eigenvalue weighted by Gasteiger charge is -2.21. The quantitative estimate of drug-likeness (QED) is 0.538. The second-order valence-corrected chi connectivity index (χ2v) is 5.54. The molecule has 0 aromatic heterocycles. The van der Waals surface area contributed by atoms with Gasteiger partial charge in [-0.05, 0) is 18.6 Å². The number of amides is 1. The molecule has 0 radical (unpaired) electrons. The van der Waals surface area contributed by atoms with Gasteiger partial charge in [-0.25, -0.2) is 4.79 Å². The summed E-state index contributed by atoms with van der Waals surface area (Å²) in [6.45, 7) is 1.97. The smallest absolute Gasteiger partial charge is 0.384 e. The van der Waals surface area contributed by atoms with Crippen LogP contribution in [0.3, 0.4) is 0 Å². The van der Waals surface area contributed by atoms with Crippen molar-refractivity contribution < 1.29 is 14.3 Å². The van der Waals surface area contributed by atoms with E-state index in [0.29, 0.717) is 6.42 Å². The number of carbonyl (C=O) groups excluding carboxylic acids is 2. The van der Waals surface area contributed by atoms with Crippen LogP contribution in [0.4, 0.5) is 5.69 Å². The van der Waals surface area contributed by atoms with Crippen molar-refractivity contribution in [1.82, 2.24) is 0 Å². The molecule has 0 unspecified atom stereocenters. The first-order valence-electron chi connectivity index (χ1n) is 7.80. The fraction of sp³-hybridized carbons (Fsp3) is 0.200. The van der Waals surface area contributed by atoms with Crippen molar-refractivity contribution in [3.63, 3.8) is 0 Å². The lowest BCUT2D eigenvalue weighted by Crippen LogP contribution is -2.35. The van der Waals surface area contributed by atoms with Crippen molar-refractivity contribution in [3.8, 4) is 11.8 Å². The zero-order chi connectivity index (χ0) is 17.0. The van der Waals surface area contributed by atoms with E-state index in [1.165, 1.54) is 0 Å². The van der Waals surface area contributed by atoms with E-state index in [0.717, 1.165) is 16.8 Å². The molecule has 0 fully saturated rings. The van der Waals surface area contributed by atoms with Crippen LogP contribution in [-0.4, -0.2) is 18.5 Å². The number of fused-ring (bicyclic) bond motifs is 1. The van der Waals surface area contributed by atoms with Crippen LogP contribution < -0.4 is 5.32 Å². The Kier molecular flexibility index (Phi) is 4.35. The first-order chi connectivity index (χ1) is 11.7. The van der Waals surface area contributed by atoms with Gasteiger partial charge >= 0.3 is 5.97 Å². The van der Waals surface area contributed by atoms with Crippen molar-refractivity contribution in [2.24, 2.45) is 0 Å². The highest BCUT2D eigenvalue weighted by Crippen LogP contribution is 2.39. The molecule has 1 aliphatic rings. The highest BCUT2D eigenvalue weighted by molar-refractivity contribution is 6.09. The van der Waals surface area contributed by atoms with Crippen LogP contribution in [0.15, 0.2) is 54.6 Å². The number of benzene rings is 2. The molecule has 0 aliphatic carbocycles. The van der Waals surface area contributed by atoms with Crippen LogP contribution in [0.1, 0.15) is 18.1 Å². The van der Waals surface area contributed by atoms with Gasteiger partial charge in [0.1, 0.15) is 5.41 Å². The van der Waals surface area contributed by atoms with Crippen LogP contribution in [0.5, 0.6) is 0 Å². The number of nitrogens with one attached hydrogen (secondary N) is 1. The zero-order valence-corrected chi connectivity index (χ0v) is 13.3. The van der Waals surface area contributed by atoms with Gasteiger partial charge in [0.2, 0.25) is 5.91 Å². The Morgan fingerprint density at radius 3 is 2.58 bits per heavy atom. The first kappa shape index (κ1) is 15.8. The lowest BCUT2D eigenvalue weighted by atomic mass is 9.77. The molecule has 120 valence electrons. The van der Waals surface area contributed by atoms with Gasteiger partial charge in [-0.3, -0.25) is 4.79 Å². The molecule has 4 heteroatoms. The number of anilines is 1. The summed E-state index contributed by atoms with van der Waals surface area (Å²) >= 11 is 0. The van der Waals surface area contributed by atoms with Crippen molar-refractivity contribution >= 4 is 17.6 Å². The molecule has 2 aromatic rings. The van der Waals surface area contributed by atoms with Gasteiger partial charge in [0.05, 0.1) is 6.61 Å². The second-order valence-electron chi connectivity index (χ2n) is 5.54. The highest BCUT2D eigenvalue weighted by atomic mass is 16.5. The molecule has 0 bridgehead atoms. The van der Waals surface area contributed by atoms with Gasteiger partial charge in [0, 0.05) is 23.6 Å². The molecule has 1 aliphatic heterocycles. The molecule has 2 aromatic carbocycles. The van der Waals surface area contributed by atoms with E-state index in [-0.39, 0.29) is 12.5 Å². The Morgan fingerprint density at radius 1 is 1.12 bits per heavy atom. The molecular formula is C20H17NO3. The van der Waals surface area contributed by atoms with Gasteiger partial charge in [-0.1, -0.05) is 54.5 Å². The third-order valence-corrected chi connectivity index (χ3v) is 3.99. The average Bonchev–Trinajstić information content (AvgIpc) is 2.87. The van der Waals surface area contributed by atoms with Gasteiger partial charge in [-0.15, -0.1) is 0 Å². The number of ether oxygens (including phenoxy) is 1. The summed E-state index contributed by atoms with van der Waals surface area (Å²) in [6.07, 6.45) is 0.392. The molecule has 1 atom stereocenters. The standard InChI is InChI=1S/C20H17NO3/c1-2-24-18(22)12-13-20(14-15-8-4-3-5-9-15)16-10-6-7-11-17(16)21-19(20)23/h3-11H,2,14H2,1H3,(H,21,23)/t20-/m0/s1. The maximum Gasteiger partial charge on any atom is 0.384 e.